The number of nitrogens with zero attached hydrogens (tertiary/aromatic N) is 2. The number of morpholine rings is 1. The first-order chi connectivity index (χ1) is 13.1. The number of carbonyl (C=O) groups is 1. The number of hydrogen-bond acceptors (Lipinski definition) is 4. The number of hydrogen-bond donors (Lipinski definition) is 1. The predicted molar refractivity (Wildman–Crippen MR) is 108 cm³/mol. The van der Waals surface area contributed by atoms with Gasteiger partial charge in [0.15, 0.2) is 0 Å². The lowest BCUT2D eigenvalue weighted by atomic mass is 9.93. The largest absolute Gasteiger partial charge is 0.379 e. The Bertz CT molecular complexity index is 617. The maximum Gasteiger partial charge on any atom is 0.225 e. The number of piperidine rings is 1. The second kappa shape index (κ2) is 10.5. The van der Waals surface area contributed by atoms with Gasteiger partial charge in [-0.3, -0.25) is 9.69 Å². The van der Waals surface area contributed by atoms with E-state index in [0.29, 0.717) is 10.9 Å². The van der Waals surface area contributed by atoms with E-state index in [1.165, 1.54) is 31.9 Å². The summed E-state index contributed by atoms with van der Waals surface area (Å²) in [6, 6.07) is 4.66. The molecule has 0 aromatic heterocycles. The molecule has 0 bridgehead atoms. The first-order valence-electron chi connectivity index (χ1n) is 9.87. The molecule has 0 spiro atoms. The Morgan fingerprint density at radius 1 is 1.15 bits per heavy atom. The van der Waals surface area contributed by atoms with E-state index in [-0.39, 0.29) is 11.6 Å². The molecule has 0 atom stereocenters. The molecule has 2 aliphatic rings. The molecule has 2 heterocycles. The smallest absolute Gasteiger partial charge is 0.225 e. The first kappa shape index (κ1) is 20.7. The summed E-state index contributed by atoms with van der Waals surface area (Å²) < 4.78 is 19.8. The van der Waals surface area contributed by atoms with Crippen molar-refractivity contribution in [1.82, 2.24) is 9.80 Å². The molecule has 2 saturated heterocycles. The van der Waals surface area contributed by atoms with Crippen LogP contribution < -0.4 is 5.32 Å². The van der Waals surface area contributed by atoms with E-state index >= 15 is 0 Å². The van der Waals surface area contributed by atoms with Crippen LogP contribution in [0.5, 0.6) is 0 Å². The van der Waals surface area contributed by atoms with Crippen molar-refractivity contribution < 1.29 is 13.9 Å². The number of amides is 1. The minimum Gasteiger partial charge on any atom is -0.379 e. The third kappa shape index (κ3) is 6.82. The number of ether oxygens (including phenoxy) is 1. The Labute approximate surface area is 169 Å². The SMILES string of the molecule is O=C(CCN1CCC(CCN2CCOCC2)CC1)Nc1ccc(Br)cc1F. The predicted octanol–water partition coefficient (Wildman–Crippen LogP) is 3.35. The second-order valence-corrected chi connectivity index (χ2v) is 8.37. The quantitative estimate of drug-likeness (QED) is 0.704. The van der Waals surface area contributed by atoms with Gasteiger partial charge in [-0.1, -0.05) is 15.9 Å². The van der Waals surface area contributed by atoms with E-state index in [4.69, 9.17) is 4.74 Å². The van der Waals surface area contributed by atoms with Crippen LogP contribution in [-0.2, 0) is 9.53 Å². The van der Waals surface area contributed by atoms with Crippen molar-refractivity contribution in [2.45, 2.75) is 25.7 Å². The van der Waals surface area contributed by atoms with Gasteiger partial charge in [-0.2, -0.15) is 0 Å². The molecule has 2 fully saturated rings. The zero-order valence-corrected chi connectivity index (χ0v) is 17.3. The third-order valence-corrected chi connectivity index (χ3v) is 6.02. The van der Waals surface area contributed by atoms with Crippen molar-refractivity contribution in [2.24, 2.45) is 5.92 Å². The molecule has 0 unspecified atom stereocenters. The van der Waals surface area contributed by atoms with Gasteiger partial charge >= 0.3 is 0 Å². The zero-order valence-electron chi connectivity index (χ0n) is 15.8. The highest BCUT2D eigenvalue weighted by atomic mass is 79.9. The van der Waals surface area contributed by atoms with Gasteiger partial charge in [0.1, 0.15) is 5.82 Å². The average molecular weight is 442 g/mol. The molecule has 1 amide bonds. The molecule has 1 aromatic rings. The number of rotatable bonds is 7. The summed E-state index contributed by atoms with van der Waals surface area (Å²) in [6.45, 7) is 7.87. The van der Waals surface area contributed by atoms with Crippen molar-refractivity contribution in [3.63, 3.8) is 0 Å². The molecule has 0 aliphatic carbocycles. The topological polar surface area (TPSA) is 44.8 Å². The number of carbonyl (C=O) groups excluding carboxylic acids is 1. The van der Waals surface area contributed by atoms with Gasteiger partial charge in [-0.05, 0) is 63.0 Å². The van der Waals surface area contributed by atoms with Crippen molar-refractivity contribution in [3.05, 3.63) is 28.5 Å². The minimum atomic E-state index is -0.418. The van der Waals surface area contributed by atoms with Crippen LogP contribution >= 0.6 is 15.9 Å². The van der Waals surface area contributed by atoms with Gasteiger partial charge in [0.25, 0.3) is 0 Å². The van der Waals surface area contributed by atoms with Crippen LogP contribution in [0.4, 0.5) is 10.1 Å². The summed E-state index contributed by atoms with van der Waals surface area (Å²) in [5.41, 5.74) is 0.241. The summed E-state index contributed by atoms with van der Waals surface area (Å²) in [6.07, 6.45) is 4.06. The van der Waals surface area contributed by atoms with Crippen LogP contribution in [0.1, 0.15) is 25.7 Å². The number of likely N-dealkylation sites (tertiary alicyclic amines) is 1. The maximum absolute atomic E-state index is 13.8. The van der Waals surface area contributed by atoms with Crippen LogP contribution in [-0.4, -0.2) is 68.2 Å². The minimum absolute atomic E-state index is 0.134. The fraction of sp³-hybridized carbons (Fsp3) is 0.650. The normalized spacial score (nSPS) is 19.9. The highest BCUT2D eigenvalue weighted by Gasteiger charge is 2.21. The maximum atomic E-state index is 13.8. The second-order valence-electron chi connectivity index (χ2n) is 7.45. The van der Waals surface area contributed by atoms with Crippen LogP contribution in [0, 0.1) is 11.7 Å². The molecule has 0 radical (unpaired) electrons. The van der Waals surface area contributed by atoms with Crippen LogP contribution in [0.25, 0.3) is 0 Å². The Balaban J connectivity index is 1.31. The summed E-state index contributed by atoms with van der Waals surface area (Å²) in [5.74, 6) is 0.235. The van der Waals surface area contributed by atoms with Gasteiger partial charge in [0, 0.05) is 30.5 Å². The number of nitrogens with one attached hydrogen (secondary N) is 1. The highest BCUT2D eigenvalue weighted by molar-refractivity contribution is 9.10. The monoisotopic (exact) mass is 441 g/mol. The number of halogens is 2. The Morgan fingerprint density at radius 3 is 2.56 bits per heavy atom. The van der Waals surface area contributed by atoms with Crippen LogP contribution in [0.3, 0.4) is 0 Å². The molecule has 27 heavy (non-hydrogen) atoms. The lowest BCUT2D eigenvalue weighted by Crippen LogP contribution is -2.39. The Hall–Kier alpha value is -1.02. The molecule has 150 valence electrons. The van der Waals surface area contributed by atoms with E-state index in [9.17, 15) is 9.18 Å². The lowest BCUT2D eigenvalue weighted by Gasteiger charge is -2.33. The fourth-order valence-electron chi connectivity index (χ4n) is 3.75. The van der Waals surface area contributed by atoms with Crippen molar-refractivity contribution in [3.8, 4) is 0 Å². The molecular weight excluding hydrogens is 413 g/mol. The van der Waals surface area contributed by atoms with E-state index in [1.807, 2.05) is 0 Å². The molecule has 5 nitrogen and oxygen atoms in total. The van der Waals surface area contributed by atoms with Crippen LogP contribution in [0.2, 0.25) is 0 Å². The summed E-state index contributed by atoms with van der Waals surface area (Å²) in [5, 5.41) is 2.67. The van der Waals surface area contributed by atoms with Gasteiger partial charge in [0.05, 0.1) is 18.9 Å². The summed E-state index contributed by atoms with van der Waals surface area (Å²) in [7, 11) is 0. The Morgan fingerprint density at radius 2 is 1.85 bits per heavy atom. The highest BCUT2D eigenvalue weighted by Crippen LogP contribution is 2.22. The average Bonchev–Trinajstić information content (AvgIpc) is 2.68. The molecular formula is C20H29BrFN3O2. The van der Waals surface area contributed by atoms with E-state index in [0.717, 1.165) is 51.9 Å². The summed E-state index contributed by atoms with van der Waals surface area (Å²) in [4.78, 5) is 17.0. The molecule has 1 N–H and O–H groups in total. The molecule has 3 rings (SSSR count). The third-order valence-electron chi connectivity index (χ3n) is 5.52. The van der Waals surface area contributed by atoms with Gasteiger partial charge in [0.2, 0.25) is 5.91 Å². The molecule has 1 aromatic carbocycles. The Kier molecular flexibility index (Phi) is 8.06. The van der Waals surface area contributed by atoms with Gasteiger partial charge in [-0.25, -0.2) is 4.39 Å². The van der Waals surface area contributed by atoms with E-state index in [1.54, 1.807) is 12.1 Å². The van der Waals surface area contributed by atoms with E-state index < -0.39 is 5.82 Å². The van der Waals surface area contributed by atoms with Gasteiger partial charge in [-0.15, -0.1) is 0 Å². The molecule has 2 aliphatic heterocycles. The standard InChI is InChI=1S/C20H29BrFN3O2/c21-17-1-2-19(18(22)15-17)23-20(26)6-10-24-7-3-16(4-8-24)5-9-25-11-13-27-14-12-25/h1-2,15-16H,3-14H2,(H,23,26). The number of anilines is 1. The van der Waals surface area contributed by atoms with Crippen molar-refractivity contribution in [2.75, 3.05) is 57.8 Å². The van der Waals surface area contributed by atoms with Crippen molar-refractivity contribution >= 4 is 27.5 Å². The fourth-order valence-corrected chi connectivity index (χ4v) is 4.09. The van der Waals surface area contributed by atoms with Crippen molar-refractivity contribution in [1.29, 1.82) is 0 Å². The number of benzene rings is 1. The zero-order chi connectivity index (χ0) is 19.1. The lowest BCUT2D eigenvalue weighted by molar-refractivity contribution is -0.116. The van der Waals surface area contributed by atoms with Crippen LogP contribution in [0.15, 0.2) is 22.7 Å². The van der Waals surface area contributed by atoms with E-state index in [2.05, 4.69) is 31.0 Å². The van der Waals surface area contributed by atoms with Gasteiger partial charge < -0.3 is 15.0 Å². The first-order valence-corrected chi connectivity index (χ1v) is 10.7. The summed E-state index contributed by atoms with van der Waals surface area (Å²) >= 11 is 3.22. The molecule has 0 saturated carbocycles. The molecule has 7 heteroatoms.